The molecule has 0 aliphatic heterocycles. The van der Waals surface area contributed by atoms with Crippen molar-refractivity contribution in [3.05, 3.63) is 15.8 Å². The van der Waals surface area contributed by atoms with E-state index in [9.17, 15) is 13.2 Å². The summed E-state index contributed by atoms with van der Waals surface area (Å²) in [5, 5.41) is 10.3. The summed E-state index contributed by atoms with van der Waals surface area (Å²) in [6, 6.07) is 0. The van der Waals surface area contributed by atoms with Crippen LogP contribution in [0.2, 0.25) is 0 Å². The Bertz CT molecular complexity index is 460. The SMILES string of the molecule is CNS(=O)(=O)c1c(C)csc1C(=O)O. The molecule has 14 heavy (non-hydrogen) atoms. The first-order chi connectivity index (χ1) is 6.40. The largest absolute Gasteiger partial charge is 0.477 e. The molecular formula is C7H9NO4S2. The first-order valence-corrected chi connectivity index (χ1v) is 6.01. The number of carboxylic acid groups (broad SMARTS) is 1. The lowest BCUT2D eigenvalue weighted by Gasteiger charge is -2.02. The molecule has 5 nitrogen and oxygen atoms in total. The van der Waals surface area contributed by atoms with Gasteiger partial charge in [0, 0.05) is 0 Å². The van der Waals surface area contributed by atoms with Gasteiger partial charge in [0.15, 0.2) is 0 Å². The average Bonchev–Trinajstić information content (AvgIpc) is 2.47. The van der Waals surface area contributed by atoms with Gasteiger partial charge in [-0.25, -0.2) is 17.9 Å². The van der Waals surface area contributed by atoms with Gasteiger partial charge in [-0.05, 0) is 24.9 Å². The second kappa shape index (κ2) is 3.68. The molecule has 1 rings (SSSR count). The van der Waals surface area contributed by atoms with Crippen LogP contribution in [0, 0.1) is 6.92 Å². The maximum Gasteiger partial charge on any atom is 0.347 e. The normalized spacial score (nSPS) is 11.6. The van der Waals surface area contributed by atoms with Crippen LogP contribution in [-0.4, -0.2) is 26.5 Å². The molecule has 1 heterocycles. The molecule has 0 radical (unpaired) electrons. The lowest BCUT2D eigenvalue weighted by atomic mass is 10.3. The number of hydrogen-bond acceptors (Lipinski definition) is 4. The van der Waals surface area contributed by atoms with Crippen LogP contribution in [0.1, 0.15) is 15.2 Å². The van der Waals surface area contributed by atoms with E-state index >= 15 is 0 Å². The van der Waals surface area contributed by atoms with Gasteiger partial charge in [-0.15, -0.1) is 11.3 Å². The highest BCUT2D eigenvalue weighted by atomic mass is 32.2. The van der Waals surface area contributed by atoms with E-state index in [1.807, 2.05) is 0 Å². The molecule has 0 fully saturated rings. The molecule has 0 unspecified atom stereocenters. The highest BCUT2D eigenvalue weighted by molar-refractivity contribution is 7.89. The molecule has 0 amide bonds. The number of thiophene rings is 1. The predicted molar refractivity (Wildman–Crippen MR) is 52.3 cm³/mol. The number of nitrogens with one attached hydrogen (secondary N) is 1. The third-order valence-corrected chi connectivity index (χ3v) is 4.47. The maximum absolute atomic E-state index is 11.4. The number of aromatic carboxylic acids is 1. The van der Waals surface area contributed by atoms with Crippen LogP contribution in [0.15, 0.2) is 10.3 Å². The quantitative estimate of drug-likeness (QED) is 0.806. The van der Waals surface area contributed by atoms with Gasteiger partial charge in [-0.1, -0.05) is 0 Å². The summed E-state index contributed by atoms with van der Waals surface area (Å²) in [6.07, 6.45) is 0. The molecule has 0 saturated heterocycles. The van der Waals surface area contributed by atoms with Gasteiger partial charge in [0.2, 0.25) is 10.0 Å². The van der Waals surface area contributed by atoms with Crippen molar-refractivity contribution >= 4 is 27.3 Å². The van der Waals surface area contributed by atoms with E-state index in [4.69, 9.17) is 5.11 Å². The van der Waals surface area contributed by atoms with Crippen molar-refractivity contribution in [1.29, 1.82) is 0 Å². The summed E-state index contributed by atoms with van der Waals surface area (Å²) in [5.74, 6) is -1.23. The molecule has 0 saturated carbocycles. The van der Waals surface area contributed by atoms with Crippen molar-refractivity contribution in [1.82, 2.24) is 4.72 Å². The average molecular weight is 235 g/mol. The van der Waals surface area contributed by atoms with Crippen LogP contribution in [0.3, 0.4) is 0 Å². The minimum atomic E-state index is -3.68. The van der Waals surface area contributed by atoms with Crippen LogP contribution in [0.25, 0.3) is 0 Å². The van der Waals surface area contributed by atoms with Gasteiger partial charge in [0.05, 0.1) is 0 Å². The van der Waals surface area contributed by atoms with E-state index in [1.54, 1.807) is 6.92 Å². The van der Waals surface area contributed by atoms with Crippen molar-refractivity contribution in [2.45, 2.75) is 11.8 Å². The third-order valence-electron chi connectivity index (χ3n) is 1.65. The van der Waals surface area contributed by atoms with Crippen LogP contribution in [0.5, 0.6) is 0 Å². The highest BCUT2D eigenvalue weighted by Gasteiger charge is 2.25. The Morgan fingerprint density at radius 1 is 1.57 bits per heavy atom. The van der Waals surface area contributed by atoms with Crippen molar-refractivity contribution in [2.24, 2.45) is 0 Å². The Balaban J connectivity index is 3.47. The van der Waals surface area contributed by atoms with E-state index < -0.39 is 16.0 Å². The Morgan fingerprint density at radius 2 is 2.14 bits per heavy atom. The topological polar surface area (TPSA) is 83.5 Å². The third kappa shape index (κ3) is 1.79. The highest BCUT2D eigenvalue weighted by Crippen LogP contribution is 2.26. The fourth-order valence-electron chi connectivity index (χ4n) is 1.02. The lowest BCUT2D eigenvalue weighted by molar-refractivity contribution is 0.0698. The van der Waals surface area contributed by atoms with Gasteiger partial charge in [0.1, 0.15) is 9.77 Å². The Labute approximate surface area is 85.4 Å². The molecule has 0 aliphatic rings. The molecule has 2 N–H and O–H groups in total. The zero-order valence-electron chi connectivity index (χ0n) is 7.57. The standard InChI is InChI=1S/C7H9NO4S2/c1-4-3-13-5(7(9)10)6(4)14(11,12)8-2/h3,8H,1-2H3,(H,9,10). The second-order valence-electron chi connectivity index (χ2n) is 2.59. The minimum absolute atomic E-state index is 0.141. The summed E-state index contributed by atoms with van der Waals surface area (Å²) in [5.41, 5.74) is 0.446. The van der Waals surface area contributed by atoms with Gasteiger partial charge in [-0.2, -0.15) is 0 Å². The van der Waals surface area contributed by atoms with Crippen LogP contribution >= 0.6 is 11.3 Å². The van der Waals surface area contributed by atoms with Crippen LogP contribution in [-0.2, 0) is 10.0 Å². The minimum Gasteiger partial charge on any atom is -0.477 e. The zero-order valence-corrected chi connectivity index (χ0v) is 9.20. The maximum atomic E-state index is 11.4. The molecule has 78 valence electrons. The van der Waals surface area contributed by atoms with E-state index in [0.29, 0.717) is 5.56 Å². The Morgan fingerprint density at radius 3 is 2.57 bits per heavy atom. The van der Waals surface area contributed by atoms with Gasteiger partial charge in [0.25, 0.3) is 0 Å². The van der Waals surface area contributed by atoms with Gasteiger partial charge < -0.3 is 5.11 Å². The predicted octanol–water partition coefficient (Wildman–Crippen LogP) is 0.663. The smallest absolute Gasteiger partial charge is 0.347 e. The Kier molecular flexibility index (Phi) is 2.93. The molecule has 0 spiro atoms. The lowest BCUT2D eigenvalue weighted by Crippen LogP contribution is -2.21. The number of sulfonamides is 1. The fourth-order valence-corrected chi connectivity index (χ4v) is 3.36. The first-order valence-electron chi connectivity index (χ1n) is 3.65. The Hall–Kier alpha value is -0.920. The second-order valence-corrected chi connectivity index (χ2v) is 5.29. The summed E-state index contributed by atoms with van der Waals surface area (Å²) in [6.45, 7) is 1.56. The molecule has 0 aliphatic carbocycles. The molecule has 7 heteroatoms. The summed E-state index contributed by atoms with van der Waals surface area (Å²) < 4.78 is 25.0. The summed E-state index contributed by atoms with van der Waals surface area (Å²) in [7, 11) is -2.43. The number of rotatable bonds is 3. The fraction of sp³-hybridized carbons (Fsp3) is 0.286. The zero-order chi connectivity index (χ0) is 10.9. The molecule has 0 bridgehead atoms. The number of hydrogen-bond donors (Lipinski definition) is 2. The monoisotopic (exact) mass is 235 g/mol. The van der Waals surface area contributed by atoms with Crippen LogP contribution in [0.4, 0.5) is 0 Å². The number of aryl methyl sites for hydroxylation is 1. The van der Waals surface area contributed by atoms with Crippen molar-refractivity contribution < 1.29 is 18.3 Å². The number of carbonyl (C=O) groups is 1. The molecule has 1 aromatic heterocycles. The van der Waals surface area contributed by atoms with Gasteiger partial charge >= 0.3 is 5.97 Å². The number of carboxylic acids is 1. The first kappa shape index (κ1) is 11.2. The van der Waals surface area contributed by atoms with Crippen LogP contribution < -0.4 is 4.72 Å². The van der Waals surface area contributed by atoms with Crippen molar-refractivity contribution in [3.8, 4) is 0 Å². The van der Waals surface area contributed by atoms with E-state index in [-0.39, 0.29) is 9.77 Å². The molecule has 1 aromatic rings. The van der Waals surface area contributed by atoms with Gasteiger partial charge in [-0.3, -0.25) is 0 Å². The molecule has 0 aromatic carbocycles. The van der Waals surface area contributed by atoms with Crippen molar-refractivity contribution in [2.75, 3.05) is 7.05 Å². The molecule has 0 atom stereocenters. The van der Waals surface area contributed by atoms with E-state index in [0.717, 1.165) is 11.3 Å². The molecular weight excluding hydrogens is 226 g/mol. The van der Waals surface area contributed by atoms with E-state index in [1.165, 1.54) is 12.4 Å². The van der Waals surface area contributed by atoms with Crippen molar-refractivity contribution in [3.63, 3.8) is 0 Å². The van der Waals surface area contributed by atoms with E-state index in [2.05, 4.69) is 4.72 Å². The summed E-state index contributed by atoms with van der Waals surface area (Å²) in [4.78, 5) is 10.4. The summed E-state index contributed by atoms with van der Waals surface area (Å²) >= 11 is 0.908.